The van der Waals surface area contributed by atoms with Crippen LogP contribution in [0.3, 0.4) is 0 Å². The van der Waals surface area contributed by atoms with Crippen LogP contribution in [0, 0.1) is 0 Å². The van der Waals surface area contributed by atoms with Crippen LogP contribution in [0.1, 0.15) is 43.6 Å². The zero-order valence-corrected chi connectivity index (χ0v) is 18.0. The van der Waals surface area contributed by atoms with Crippen LogP contribution < -0.4 is 16.0 Å². The van der Waals surface area contributed by atoms with E-state index in [4.69, 9.17) is 0 Å². The third kappa shape index (κ3) is 7.38. The molecule has 160 valence electrons. The van der Waals surface area contributed by atoms with Crippen molar-refractivity contribution in [2.24, 2.45) is 0 Å². The predicted octanol–water partition coefficient (Wildman–Crippen LogP) is 1.18. The van der Waals surface area contributed by atoms with Crippen LogP contribution >= 0.6 is 0 Å². The molecule has 0 aliphatic carbocycles. The molecular formula is C21H33N5O3. The highest BCUT2D eigenvalue weighted by atomic mass is 16.2. The molecule has 1 aromatic rings. The quantitative estimate of drug-likeness (QED) is 0.688. The molecule has 1 aliphatic rings. The fourth-order valence-corrected chi connectivity index (χ4v) is 2.93. The molecule has 1 aromatic carbocycles. The number of nitrogens with zero attached hydrogens (tertiary/aromatic N) is 2. The van der Waals surface area contributed by atoms with Gasteiger partial charge in [0.2, 0.25) is 5.91 Å². The van der Waals surface area contributed by atoms with Crippen molar-refractivity contribution in [2.45, 2.75) is 45.8 Å². The standard InChI is InChI=1S/C21H33N5O3/c1-15(18(27)24-21(2,3)4)23-20(29)22-14-16-6-8-17(9-7-16)19(28)26-12-10-25(5)11-13-26/h6-9,15H,10-14H2,1-5H3,(H,24,27)(H2,22,23,29). The van der Waals surface area contributed by atoms with Crippen molar-refractivity contribution in [3.63, 3.8) is 0 Å². The molecule has 1 saturated heterocycles. The molecule has 0 bridgehead atoms. The first-order chi connectivity index (χ1) is 13.5. The van der Waals surface area contributed by atoms with E-state index in [-0.39, 0.29) is 17.4 Å². The van der Waals surface area contributed by atoms with Crippen LogP contribution in [0.15, 0.2) is 24.3 Å². The normalized spacial score (nSPS) is 16.1. The Balaban J connectivity index is 1.80. The number of benzene rings is 1. The lowest BCUT2D eigenvalue weighted by Gasteiger charge is -2.32. The Labute approximate surface area is 173 Å². The number of hydrogen-bond acceptors (Lipinski definition) is 4. The number of hydrogen-bond donors (Lipinski definition) is 3. The molecule has 0 aromatic heterocycles. The molecule has 8 nitrogen and oxygen atoms in total. The Hall–Kier alpha value is -2.61. The summed E-state index contributed by atoms with van der Waals surface area (Å²) < 4.78 is 0. The van der Waals surface area contributed by atoms with E-state index in [1.54, 1.807) is 19.1 Å². The van der Waals surface area contributed by atoms with Gasteiger partial charge in [-0.05, 0) is 52.4 Å². The topological polar surface area (TPSA) is 93.8 Å². The molecule has 29 heavy (non-hydrogen) atoms. The second kappa shape index (κ2) is 9.73. The summed E-state index contributed by atoms with van der Waals surface area (Å²) in [5.41, 5.74) is 1.17. The number of urea groups is 1. The van der Waals surface area contributed by atoms with Crippen molar-refractivity contribution in [1.82, 2.24) is 25.8 Å². The SMILES string of the molecule is CC(NC(=O)NCc1ccc(C(=O)N2CCN(C)CC2)cc1)C(=O)NC(C)(C)C. The molecule has 1 aliphatic heterocycles. The summed E-state index contributed by atoms with van der Waals surface area (Å²) in [6.45, 7) is 10.8. The highest BCUT2D eigenvalue weighted by Gasteiger charge is 2.21. The summed E-state index contributed by atoms with van der Waals surface area (Å²) >= 11 is 0. The van der Waals surface area contributed by atoms with E-state index in [1.807, 2.05) is 37.8 Å². The van der Waals surface area contributed by atoms with Gasteiger partial charge in [-0.1, -0.05) is 12.1 Å². The maximum Gasteiger partial charge on any atom is 0.315 e. The summed E-state index contributed by atoms with van der Waals surface area (Å²) in [7, 11) is 2.05. The Morgan fingerprint density at radius 1 is 1.03 bits per heavy atom. The highest BCUT2D eigenvalue weighted by Crippen LogP contribution is 2.10. The lowest BCUT2D eigenvalue weighted by molar-refractivity contribution is -0.123. The largest absolute Gasteiger partial charge is 0.350 e. The average Bonchev–Trinajstić information content (AvgIpc) is 2.65. The molecule has 1 heterocycles. The van der Waals surface area contributed by atoms with Gasteiger partial charge in [-0.25, -0.2) is 4.79 Å². The fraction of sp³-hybridized carbons (Fsp3) is 0.571. The van der Waals surface area contributed by atoms with Gasteiger partial charge in [0.15, 0.2) is 0 Å². The van der Waals surface area contributed by atoms with Gasteiger partial charge in [0.25, 0.3) is 5.91 Å². The monoisotopic (exact) mass is 403 g/mol. The summed E-state index contributed by atoms with van der Waals surface area (Å²) in [5.74, 6) is -0.201. The highest BCUT2D eigenvalue weighted by molar-refractivity contribution is 5.94. The first-order valence-corrected chi connectivity index (χ1v) is 9.98. The molecule has 2 rings (SSSR count). The number of piperazine rings is 1. The smallest absolute Gasteiger partial charge is 0.315 e. The number of nitrogens with one attached hydrogen (secondary N) is 3. The minimum atomic E-state index is -0.641. The molecule has 4 amide bonds. The fourth-order valence-electron chi connectivity index (χ4n) is 2.93. The zero-order chi connectivity index (χ0) is 21.6. The summed E-state index contributed by atoms with van der Waals surface area (Å²) in [5, 5.41) is 8.18. The minimum Gasteiger partial charge on any atom is -0.350 e. The van der Waals surface area contributed by atoms with E-state index < -0.39 is 12.1 Å². The number of carbonyl (C=O) groups excluding carboxylic acids is 3. The van der Waals surface area contributed by atoms with Crippen LogP contribution in [-0.4, -0.2) is 72.5 Å². The van der Waals surface area contributed by atoms with Crippen LogP contribution in [0.4, 0.5) is 4.79 Å². The molecule has 1 fully saturated rings. The molecule has 0 saturated carbocycles. The lowest BCUT2D eigenvalue weighted by atomic mass is 10.1. The summed E-state index contributed by atoms with van der Waals surface area (Å²) in [4.78, 5) is 40.7. The van der Waals surface area contributed by atoms with Gasteiger partial charge in [0, 0.05) is 43.8 Å². The van der Waals surface area contributed by atoms with Gasteiger partial charge in [0.1, 0.15) is 6.04 Å². The van der Waals surface area contributed by atoms with Crippen molar-refractivity contribution < 1.29 is 14.4 Å². The molecule has 0 spiro atoms. The molecule has 1 unspecified atom stereocenters. The second-order valence-electron chi connectivity index (χ2n) is 8.58. The van der Waals surface area contributed by atoms with Gasteiger partial charge in [0.05, 0.1) is 0 Å². The Morgan fingerprint density at radius 3 is 2.17 bits per heavy atom. The van der Waals surface area contributed by atoms with Gasteiger partial charge in [-0.2, -0.15) is 0 Å². The predicted molar refractivity (Wildman–Crippen MR) is 113 cm³/mol. The van der Waals surface area contributed by atoms with Crippen molar-refractivity contribution in [1.29, 1.82) is 0 Å². The molecule has 0 radical (unpaired) electrons. The Morgan fingerprint density at radius 2 is 1.62 bits per heavy atom. The van der Waals surface area contributed by atoms with E-state index in [0.29, 0.717) is 12.1 Å². The van der Waals surface area contributed by atoms with E-state index in [9.17, 15) is 14.4 Å². The first-order valence-electron chi connectivity index (χ1n) is 9.98. The third-order valence-electron chi connectivity index (χ3n) is 4.68. The van der Waals surface area contributed by atoms with E-state index in [2.05, 4.69) is 27.9 Å². The number of carbonyl (C=O) groups is 3. The van der Waals surface area contributed by atoms with Crippen molar-refractivity contribution >= 4 is 17.8 Å². The molecular weight excluding hydrogens is 370 g/mol. The summed E-state index contributed by atoms with van der Waals surface area (Å²) in [6, 6.07) is 6.18. The maximum absolute atomic E-state index is 12.6. The minimum absolute atomic E-state index is 0.0361. The van der Waals surface area contributed by atoms with Crippen molar-refractivity contribution in [2.75, 3.05) is 33.2 Å². The van der Waals surface area contributed by atoms with E-state index in [0.717, 1.165) is 31.7 Å². The Kier molecular flexibility index (Phi) is 7.61. The van der Waals surface area contributed by atoms with Crippen molar-refractivity contribution in [3.05, 3.63) is 35.4 Å². The van der Waals surface area contributed by atoms with E-state index >= 15 is 0 Å². The number of likely N-dealkylation sites (N-methyl/N-ethyl adjacent to an activating group) is 1. The molecule has 8 heteroatoms. The first kappa shape index (κ1) is 22.7. The van der Waals surface area contributed by atoms with Crippen LogP contribution in [0.25, 0.3) is 0 Å². The van der Waals surface area contributed by atoms with Crippen LogP contribution in [0.2, 0.25) is 0 Å². The van der Waals surface area contributed by atoms with Crippen LogP contribution in [-0.2, 0) is 11.3 Å². The third-order valence-corrected chi connectivity index (χ3v) is 4.68. The summed E-state index contributed by atoms with van der Waals surface area (Å²) in [6.07, 6.45) is 0. The van der Waals surface area contributed by atoms with Crippen molar-refractivity contribution in [3.8, 4) is 0 Å². The van der Waals surface area contributed by atoms with Gasteiger partial charge < -0.3 is 25.8 Å². The lowest BCUT2D eigenvalue weighted by Crippen LogP contribution is -2.52. The van der Waals surface area contributed by atoms with Gasteiger partial charge in [-0.3, -0.25) is 9.59 Å². The number of amides is 4. The average molecular weight is 404 g/mol. The molecule has 3 N–H and O–H groups in total. The second-order valence-corrected chi connectivity index (χ2v) is 8.58. The van der Waals surface area contributed by atoms with Gasteiger partial charge in [-0.15, -0.1) is 0 Å². The number of rotatable bonds is 5. The Bertz CT molecular complexity index is 719. The van der Waals surface area contributed by atoms with E-state index in [1.165, 1.54) is 0 Å². The zero-order valence-electron chi connectivity index (χ0n) is 18.0. The van der Waals surface area contributed by atoms with Crippen LogP contribution in [0.5, 0.6) is 0 Å². The molecule has 1 atom stereocenters. The van der Waals surface area contributed by atoms with Gasteiger partial charge >= 0.3 is 6.03 Å². The maximum atomic E-state index is 12.6.